The summed E-state index contributed by atoms with van der Waals surface area (Å²) in [4.78, 5) is 15.4. The highest BCUT2D eigenvalue weighted by Crippen LogP contribution is 2.27. The molecule has 0 atom stereocenters. The molecule has 0 bridgehead atoms. The molecule has 0 aliphatic heterocycles. The van der Waals surface area contributed by atoms with Crippen molar-refractivity contribution in [2.24, 2.45) is 0 Å². The van der Waals surface area contributed by atoms with Crippen LogP contribution >= 0.6 is 0 Å². The monoisotopic (exact) mass is 343 g/mol. The third-order valence-corrected chi connectivity index (χ3v) is 4.44. The van der Waals surface area contributed by atoms with Gasteiger partial charge in [0.15, 0.2) is 0 Å². The predicted octanol–water partition coefficient (Wildman–Crippen LogP) is 4.85. The van der Waals surface area contributed by atoms with Gasteiger partial charge in [0.05, 0.1) is 16.0 Å². The van der Waals surface area contributed by atoms with Gasteiger partial charge in [-0.2, -0.15) is 0 Å². The molecule has 0 aliphatic rings. The summed E-state index contributed by atoms with van der Waals surface area (Å²) in [5.41, 5.74) is 3.86. The lowest BCUT2D eigenvalue weighted by atomic mass is 10.1. The number of nitrogens with zero attached hydrogens (tertiary/aromatic N) is 3. The molecule has 1 heterocycles. The molecule has 5 nitrogen and oxygen atoms in total. The molecule has 1 aromatic heterocycles. The highest BCUT2D eigenvalue weighted by Gasteiger charge is 2.15. The van der Waals surface area contributed by atoms with E-state index in [1.807, 2.05) is 48.5 Å². The average molecular weight is 343 g/mol. The van der Waals surface area contributed by atoms with Gasteiger partial charge in [-0.1, -0.05) is 60.7 Å². The zero-order valence-corrected chi connectivity index (χ0v) is 14.1. The summed E-state index contributed by atoms with van der Waals surface area (Å²) in [7, 11) is 0. The van der Waals surface area contributed by atoms with E-state index in [9.17, 15) is 10.1 Å². The number of hydrogen-bond acceptors (Lipinski definition) is 3. The van der Waals surface area contributed by atoms with E-state index in [1.165, 1.54) is 11.6 Å². The number of nitro benzene ring substituents is 1. The summed E-state index contributed by atoms with van der Waals surface area (Å²) in [6.07, 6.45) is 0.864. The van der Waals surface area contributed by atoms with E-state index in [0.29, 0.717) is 5.52 Å². The van der Waals surface area contributed by atoms with Crippen molar-refractivity contribution in [1.29, 1.82) is 0 Å². The van der Waals surface area contributed by atoms with Crippen LogP contribution in [0, 0.1) is 10.1 Å². The van der Waals surface area contributed by atoms with Crippen LogP contribution < -0.4 is 0 Å². The third-order valence-electron chi connectivity index (χ3n) is 4.44. The van der Waals surface area contributed by atoms with Crippen LogP contribution in [0.2, 0.25) is 0 Å². The normalized spacial score (nSPS) is 10.9. The molecule has 0 saturated carbocycles. The molecule has 128 valence electrons. The maximum Gasteiger partial charge on any atom is 0.271 e. The number of nitro groups is 1. The Kier molecular flexibility index (Phi) is 4.19. The smallest absolute Gasteiger partial charge is 0.271 e. The van der Waals surface area contributed by atoms with E-state index in [4.69, 9.17) is 4.98 Å². The molecule has 0 unspecified atom stereocenters. The second-order valence-electron chi connectivity index (χ2n) is 6.12. The summed E-state index contributed by atoms with van der Waals surface area (Å²) < 4.78 is 2.14. The molecule has 3 aromatic carbocycles. The highest BCUT2D eigenvalue weighted by molar-refractivity contribution is 5.82. The summed E-state index contributed by atoms with van der Waals surface area (Å²) in [5.74, 6) is 0.831. The maximum atomic E-state index is 11.1. The first-order valence-corrected chi connectivity index (χ1v) is 8.46. The van der Waals surface area contributed by atoms with E-state index in [0.717, 1.165) is 29.9 Å². The number of rotatable bonds is 5. The molecule has 0 aliphatic carbocycles. The molecule has 0 N–H and O–H groups in total. The van der Waals surface area contributed by atoms with Gasteiger partial charge in [-0.05, 0) is 18.1 Å². The van der Waals surface area contributed by atoms with Crippen molar-refractivity contribution < 1.29 is 4.92 Å². The fourth-order valence-corrected chi connectivity index (χ4v) is 3.15. The Morgan fingerprint density at radius 2 is 1.62 bits per heavy atom. The third kappa shape index (κ3) is 3.07. The van der Waals surface area contributed by atoms with E-state index >= 15 is 0 Å². The van der Waals surface area contributed by atoms with Crippen molar-refractivity contribution in [1.82, 2.24) is 9.55 Å². The molecule has 4 rings (SSSR count). The van der Waals surface area contributed by atoms with Crippen LogP contribution in [0.1, 0.15) is 5.56 Å². The first-order chi connectivity index (χ1) is 12.7. The summed E-state index contributed by atoms with van der Waals surface area (Å²) in [6, 6.07) is 25.1. The number of aryl methyl sites for hydroxylation is 2. The largest absolute Gasteiger partial charge is 0.324 e. The summed E-state index contributed by atoms with van der Waals surface area (Å²) in [5, 5.41) is 11.1. The van der Waals surface area contributed by atoms with E-state index in [1.54, 1.807) is 12.1 Å². The topological polar surface area (TPSA) is 61.0 Å². The van der Waals surface area contributed by atoms with Crippen LogP contribution in [0.5, 0.6) is 0 Å². The van der Waals surface area contributed by atoms with Gasteiger partial charge < -0.3 is 4.57 Å². The number of fused-ring (bicyclic) bond motifs is 1. The Labute approximate surface area is 150 Å². The van der Waals surface area contributed by atoms with Gasteiger partial charge in [-0.3, -0.25) is 10.1 Å². The molecule has 0 spiro atoms. The number of imidazole rings is 1. The van der Waals surface area contributed by atoms with Crippen LogP contribution in [0.15, 0.2) is 78.9 Å². The van der Waals surface area contributed by atoms with Gasteiger partial charge in [-0.15, -0.1) is 0 Å². The van der Waals surface area contributed by atoms with Gasteiger partial charge in [0.2, 0.25) is 0 Å². The van der Waals surface area contributed by atoms with Crippen LogP contribution in [0.25, 0.3) is 22.4 Å². The minimum atomic E-state index is -0.384. The average Bonchev–Trinajstić information content (AvgIpc) is 3.05. The van der Waals surface area contributed by atoms with Gasteiger partial charge in [0.1, 0.15) is 5.82 Å². The first-order valence-electron chi connectivity index (χ1n) is 8.46. The van der Waals surface area contributed by atoms with Crippen molar-refractivity contribution >= 4 is 16.7 Å². The predicted molar refractivity (Wildman–Crippen MR) is 102 cm³/mol. The summed E-state index contributed by atoms with van der Waals surface area (Å²) >= 11 is 0. The molecule has 0 saturated heterocycles. The van der Waals surface area contributed by atoms with Gasteiger partial charge >= 0.3 is 0 Å². The van der Waals surface area contributed by atoms with Crippen LogP contribution in [-0.2, 0) is 13.0 Å². The zero-order valence-electron chi connectivity index (χ0n) is 14.1. The number of aromatic nitrogens is 2. The lowest BCUT2D eigenvalue weighted by molar-refractivity contribution is -0.384. The molecule has 0 amide bonds. The Hall–Kier alpha value is -3.47. The van der Waals surface area contributed by atoms with Gasteiger partial charge in [0, 0.05) is 24.2 Å². The molecule has 26 heavy (non-hydrogen) atoms. The van der Waals surface area contributed by atoms with E-state index in [-0.39, 0.29) is 10.6 Å². The Bertz CT molecular complexity index is 1060. The van der Waals surface area contributed by atoms with Gasteiger partial charge in [-0.25, -0.2) is 4.98 Å². The second-order valence-corrected chi connectivity index (χ2v) is 6.12. The van der Waals surface area contributed by atoms with E-state index < -0.39 is 0 Å². The number of non-ortho nitro benzene ring substituents is 1. The van der Waals surface area contributed by atoms with E-state index in [2.05, 4.69) is 16.7 Å². The van der Waals surface area contributed by atoms with Crippen molar-refractivity contribution in [2.45, 2.75) is 13.0 Å². The van der Waals surface area contributed by atoms with Crippen molar-refractivity contribution in [3.63, 3.8) is 0 Å². The fourth-order valence-electron chi connectivity index (χ4n) is 3.15. The lowest BCUT2D eigenvalue weighted by Crippen LogP contribution is -2.03. The maximum absolute atomic E-state index is 11.1. The Morgan fingerprint density at radius 1 is 0.923 bits per heavy atom. The molecule has 5 heteroatoms. The van der Waals surface area contributed by atoms with Crippen molar-refractivity contribution in [2.75, 3.05) is 0 Å². The first kappa shape index (κ1) is 16.0. The minimum absolute atomic E-state index is 0.0600. The molecule has 4 aromatic rings. The van der Waals surface area contributed by atoms with Crippen molar-refractivity contribution in [3.8, 4) is 11.4 Å². The number of hydrogen-bond donors (Lipinski definition) is 0. The highest BCUT2D eigenvalue weighted by atomic mass is 16.6. The van der Waals surface area contributed by atoms with Gasteiger partial charge in [0.25, 0.3) is 5.69 Å². The van der Waals surface area contributed by atoms with Crippen LogP contribution in [0.3, 0.4) is 0 Å². The van der Waals surface area contributed by atoms with Crippen LogP contribution in [-0.4, -0.2) is 14.5 Å². The summed E-state index contributed by atoms with van der Waals surface area (Å²) in [6.45, 7) is 0.753. The fraction of sp³-hybridized carbons (Fsp3) is 0.0952. The Balaban J connectivity index is 1.80. The zero-order chi connectivity index (χ0) is 17.9. The quantitative estimate of drug-likeness (QED) is 0.384. The second kappa shape index (κ2) is 6.80. The Morgan fingerprint density at radius 3 is 2.31 bits per heavy atom. The number of benzene rings is 3. The molecular weight excluding hydrogens is 326 g/mol. The molecule has 0 radical (unpaired) electrons. The SMILES string of the molecule is O=[N+]([O-])c1ccc2c(c1)nc(-c1ccccc1)n2CCc1ccccc1. The molecular formula is C21H17N3O2. The minimum Gasteiger partial charge on any atom is -0.324 e. The lowest BCUT2D eigenvalue weighted by Gasteiger charge is -2.09. The molecule has 0 fully saturated rings. The standard InChI is InChI=1S/C21H17N3O2/c25-24(26)18-11-12-20-19(15-18)22-21(17-9-5-2-6-10-17)23(20)14-13-16-7-3-1-4-8-16/h1-12,15H,13-14H2. The van der Waals surface area contributed by atoms with Crippen molar-refractivity contribution in [3.05, 3.63) is 94.5 Å². The van der Waals surface area contributed by atoms with Crippen LogP contribution in [0.4, 0.5) is 5.69 Å².